The second-order valence-electron chi connectivity index (χ2n) is 4.06. The molecule has 8 heteroatoms. The summed E-state index contributed by atoms with van der Waals surface area (Å²) in [5, 5.41) is 0.0980. The molecule has 2 rings (SSSR count). The molecule has 0 saturated carbocycles. The Bertz CT molecular complexity index is 700. The van der Waals surface area contributed by atoms with Crippen LogP contribution >= 0.6 is 11.6 Å². The molecule has 2 aromatic rings. The average Bonchev–Trinajstić information content (AvgIpc) is 2.76. The van der Waals surface area contributed by atoms with E-state index in [0.29, 0.717) is 31.8 Å². The van der Waals surface area contributed by atoms with Crippen molar-refractivity contribution in [2.45, 2.75) is 26.4 Å². The lowest BCUT2D eigenvalue weighted by molar-refractivity contribution is 0.190. The lowest BCUT2D eigenvalue weighted by Crippen LogP contribution is -2.39. The van der Waals surface area contributed by atoms with Crippen LogP contribution in [0.5, 0.6) is 0 Å². The molecule has 0 amide bonds. The van der Waals surface area contributed by atoms with E-state index in [9.17, 15) is 9.59 Å². The van der Waals surface area contributed by atoms with Crippen molar-refractivity contribution in [3.05, 3.63) is 26.1 Å². The monoisotopic (exact) mass is 286 g/mol. The molecule has 104 valence electrons. The molecule has 0 saturated heterocycles. The zero-order chi connectivity index (χ0) is 14.0. The molecule has 0 aliphatic carbocycles. The van der Waals surface area contributed by atoms with Crippen LogP contribution in [0, 0.1) is 0 Å². The minimum atomic E-state index is -0.398. The highest BCUT2D eigenvalue weighted by atomic mass is 35.5. The predicted octanol–water partition coefficient (Wildman–Crippen LogP) is 0.596. The number of halogens is 1. The molecule has 0 unspecified atom stereocenters. The number of hydrogen-bond acceptors (Lipinski definition) is 4. The van der Waals surface area contributed by atoms with Crippen LogP contribution in [0.4, 0.5) is 0 Å². The number of ether oxygens (including phenoxy) is 1. The van der Waals surface area contributed by atoms with Crippen LogP contribution in [0.1, 0.15) is 13.3 Å². The van der Waals surface area contributed by atoms with E-state index in [1.54, 1.807) is 14.0 Å². The van der Waals surface area contributed by atoms with Crippen LogP contribution in [-0.4, -0.2) is 32.8 Å². The summed E-state index contributed by atoms with van der Waals surface area (Å²) in [5.41, 5.74) is -0.228. The third-order valence-electron chi connectivity index (χ3n) is 2.88. The molecule has 0 atom stereocenters. The lowest BCUT2D eigenvalue weighted by atomic mass is 10.4. The van der Waals surface area contributed by atoms with Gasteiger partial charge < -0.3 is 9.72 Å². The van der Waals surface area contributed by atoms with Crippen LogP contribution in [-0.2, 0) is 17.8 Å². The van der Waals surface area contributed by atoms with Gasteiger partial charge >= 0.3 is 5.69 Å². The highest BCUT2D eigenvalue weighted by Gasteiger charge is 2.15. The van der Waals surface area contributed by atoms with E-state index in [0.717, 1.165) is 4.57 Å². The number of rotatable bonds is 5. The Balaban J connectivity index is 2.66. The third kappa shape index (κ3) is 2.43. The van der Waals surface area contributed by atoms with Crippen LogP contribution in [0.2, 0.25) is 5.28 Å². The molecule has 0 bridgehead atoms. The molecule has 0 fully saturated rings. The summed E-state index contributed by atoms with van der Waals surface area (Å²) in [6.45, 7) is 2.99. The summed E-state index contributed by atoms with van der Waals surface area (Å²) in [7, 11) is 1.59. The van der Waals surface area contributed by atoms with Gasteiger partial charge in [-0.2, -0.15) is 4.98 Å². The first-order chi connectivity index (χ1) is 9.10. The second-order valence-corrected chi connectivity index (χ2v) is 4.41. The van der Waals surface area contributed by atoms with Crippen molar-refractivity contribution in [1.82, 2.24) is 19.1 Å². The Morgan fingerprint density at radius 2 is 2.11 bits per heavy atom. The maximum Gasteiger partial charge on any atom is 0.332 e. The first-order valence-corrected chi connectivity index (χ1v) is 6.35. The number of nitrogens with zero attached hydrogens (tertiary/aromatic N) is 3. The Hall–Kier alpha value is -1.60. The lowest BCUT2D eigenvalue weighted by Gasteiger charge is -2.09. The number of imidazole rings is 1. The molecule has 7 nitrogen and oxygen atoms in total. The number of H-pyrrole nitrogens is 1. The number of aromatic nitrogens is 4. The highest BCUT2D eigenvalue weighted by molar-refractivity contribution is 6.28. The zero-order valence-corrected chi connectivity index (χ0v) is 11.5. The van der Waals surface area contributed by atoms with Gasteiger partial charge in [-0.05, 0) is 24.9 Å². The molecule has 0 aromatic carbocycles. The largest absolute Gasteiger partial charge is 0.385 e. The number of fused-ring (bicyclic) bond motifs is 1. The van der Waals surface area contributed by atoms with Crippen molar-refractivity contribution in [2.24, 2.45) is 0 Å². The quantitative estimate of drug-likeness (QED) is 0.644. The van der Waals surface area contributed by atoms with Gasteiger partial charge in [0.2, 0.25) is 5.28 Å². The van der Waals surface area contributed by atoms with E-state index in [4.69, 9.17) is 16.3 Å². The highest BCUT2D eigenvalue weighted by Crippen LogP contribution is 2.09. The van der Waals surface area contributed by atoms with E-state index in [1.807, 2.05) is 0 Å². The fourth-order valence-corrected chi connectivity index (χ4v) is 2.16. The molecule has 0 aliphatic rings. The maximum absolute atomic E-state index is 12.2. The van der Waals surface area contributed by atoms with Gasteiger partial charge in [-0.3, -0.25) is 13.9 Å². The molecule has 1 N–H and O–H groups in total. The zero-order valence-electron chi connectivity index (χ0n) is 10.8. The Morgan fingerprint density at radius 1 is 1.37 bits per heavy atom. The number of aryl methyl sites for hydroxylation is 1. The smallest absolute Gasteiger partial charge is 0.332 e. The van der Waals surface area contributed by atoms with Gasteiger partial charge in [-0.25, -0.2) is 4.79 Å². The molecular formula is C11H15ClN4O3. The normalized spacial score (nSPS) is 11.3. The van der Waals surface area contributed by atoms with Crippen LogP contribution in [0.3, 0.4) is 0 Å². The predicted molar refractivity (Wildman–Crippen MR) is 71.8 cm³/mol. The Kier molecular flexibility index (Phi) is 4.06. The maximum atomic E-state index is 12.2. The van der Waals surface area contributed by atoms with Crippen LogP contribution < -0.4 is 11.2 Å². The molecule has 19 heavy (non-hydrogen) atoms. The standard InChI is InChI=1S/C11H15ClN4O3/c1-3-15-9(17)7-8(14-10(12)13-7)16(11(15)18)5-4-6-19-2/h3-6H2,1-2H3,(H,13,14). The molecule has 2 heterocycles. The summed E-state index contributed by atoms with van der Waals surface area (Å²) in [5.74, 6) is 0. The van der Waals surface area contributed by atoms with Crippen LogP contribution in [0.15, 0.2) is 9.59 Å². The van der Waals surface area contributed by atoms with Gasteiger partial charge in [0.1, 0.15) is 0 Å². The van der Waals surface area contributed by atoms with Crippen molar-refractivity contribution in [3.63, 3.8) is 0 Å². The van der Waals surface area contributed by atoms with Gasteiger partial charge in [0, 0.05) is 26.8 Å². The Labute approximate surface area is 113 Å². The van der Waals surface area contributed by atoms with Crippen molar-refractivity contribution in [1.29, 1.82) is 0 Å². The molecule has 0 radical (unpaired) electrons. The summed E-state index contributed by atoms with van der Waals surface area (Å²) >= 11 is 5.78. The van der Waals surface area contributed by atoms with E-state index in [1.165, 1.54) is 4.57 Å². The fraction of sp³-hybridized carbons (Fsp3) is 0.545. The minimum Gasteiger partial charge on any atom is -0.385 e. The molecule has 0 spiro atoms. The molecule has 0 aliphatic heterocycles. The van der Waals surface area contributed by atoms with Gasteiger partial charge in [-0.15, -0.1) is 0 Å². The number of hydrogen-bond donors (Lipinski definition) is 1. The number of aromatic amines is 1. The summed E-state index contributed by atoms with van der Waals surface area (Å²) in [6.07, 6.45) is 0.651. The van der Waals surface area contributed by atoms with E-state index in [2.05, 4.69) is 9.97 Å². The van der Waals surface area contributed by atoms with Crippen molar-refractivity contribution in [3.8, 4) is 0 Å². The molecular weight excluding hydrogens is 272 g/mol. The van der Waals surface area contributed by atoms with E-state index >= 15 is 0 Å². The van der Waals surface area contributed by atoms with Crippen molar-refractivity contribution < 1.29 is 4.74 Å². The first-order valence-electron chi connectivity index (χ1n) is 5.98. The van der Waals surface area contributed by atoms with E-state index in [-0.39, 0.29) is 16.5 Å². The van der Waals surface area contributed by atoms with E-state index < -0.39 is 5.56 Å². The van der Waals surface area contributed by atoms with Crippen molar-refractivity contribution >= 4 is 22.8 Å². The topological polar surface area (TPSA) is 81.9 Å². The van der Waals surface area contributed by atoms with Crippen molar-refractivity contribution in [2.75, 3.05) is 13.7 Å². The summed E-state index contributed by atoms with van der Waals surface area (Å²) in [4.78, 5) is 31.0. The van der Waals surface area contributed by atoms with Crippen LogP contribution in [0.25, 0.3) is 11.2 Å². The third-order valence-corrected chi connectivity index (χ3v) is 3.06. The van der Waals surface area contributed by atoms with Gasteiger partial charge in [-0.1, -0.05) is 0 Å². The van der Waals surface area contributed by atoms with Gasteiger partial charge in [0.05, 0.1) is 0 Å². The Morgan fingerprint density at radius 3 is 2.74 bits per heavy atom. The SMILES string of the molecule is CCn1c(=O)c2[nH]c(Cl)nc2n(CCCOC)c1=O. The number of methoxy groups -OCH3 is 1. The minimum absolute atomic E-state index is 0.0980. The average molecular weight is 287 g/mol. The fourth-order valence-electron chi connectivity index (χ4n) is 1.99. The number of nitrogens with one attached hydrogen (secondary N) is 1. The first kappa shape index (κ1) is 13.8. The second kappa shape index (κ2) is 5.58. The van der Waals surface area contributed by atoms with Gasteiger partial charge in [0.15, 0.2) is 11.2 Å². The van der Waals surface area contributed by atoms with Gasteiger partial charge in [0.25, 0.3) is 5.56 Å². The summed E-state index contributed by atoms with van der Waals surface area (Å²) in [6, 6.07) is 0. The summed E-state index contributed by atoms with van der Waals surface area (Å²) < 4.78 is 7.57. The molecule has 2 aromatic heterocycles.